The van der Waals surface area contributed by atoms with E-state index >= 15 is 0 Å². The van der Waals surface area contributed by atoms with Crippen LogP contribution in [0.5, 0.6) is 0 Å². The monoisotopic (exact) mass is 298 g/mol. The number of imide groups is 1. The summed E-state index contributed by atoms with van der Waals surface area (Å²) in [5.41, 5.74) is 0.961. The van der Waals surface area contributed by atoms with Crippen LogP contribution in [0.15, 0.2) is 30.3 Å². The summed E-state index contributed by atoms with van der Waals surface area (Å²) in [7, 11) is -2.87. The van der Waals surface area contributed by atoms with E-state index in [2.05, 4.69) is 4.52 Å². The molecular formula is C12H13NO6P+. The average Bonchev–Trinajstić information content (AvgIpc) is 2.78. The molecule has 7 nitrogen and oxygen atoms in total. The lowest BCUT2D eigenvalue weighted by atomic mass is 10.1. The van der Waals surface area contributed by atoms with Crippen molar-refractivity contribution < 1.29 is 28.3 Å². The highest BCUT2D eigenvalue weighted by Crippen LogP contribution is 2.20. The van der Waals surface area contributed by atoms with Crippen molar-refractivity contribution in [1.29, 1.82) is 0 Å². The smallest absolute Gasteiger partial charge is 0.447 e. The molecule has 20 heavy (non-hydrogen) atoms. The molecule has 0 radical (unpaired) electrons. The zero-order chi connectivity index (χ0) is 14.5. The second kappa shape index (κ2) is 6.56. The van der Waals surface area contributed by atoms with Gasteiger partial charge in [0.1, 0.15) is 6.61 Å². The fraction of sp³-hybridized carbons (Fsp3) is 0.333. The summed E-state index contributed by atoms with van der Waals surface area (Å²) >= 11 is 0. The van der Waals surface area contributed by atoms with E-state index in [9.17, 15) is 14.2 Å². The van der Waals surface area contributed by atoms with E-state index in [4.69, 9.17) is 9.63 Å². The van der Waals surface area contributed by atoms with Gasteiger partial charge in [-0.2, -0.15) is 0 Å². The second-order valence-corrected chi connectivity index (χ2v) is 4.93. The number of ether oxygens (including phenoxy) is 1. The first-order valence-electron chi connectivity index (χ1n) is 5.89. The number of benzene rings is 1. The Hall–Kier alpha value is -1.82. The van der Waals surface area contributed by atoms with Crippen molar-refractivity contribution in [1.82, 2.24) is 4.90 Å². The maximum atomic E-state index is 11.8. The van der Waals surface area contributed by atoms with Crippen LogP contribution in [-0.2, 0) is 25.0 Å². The Morgan fingerprint density at radius 1 is 1.45 bits per heavy atom. The Morgan fingerprint density at radius 3 is 2.80 bits per heavy atom. The van der Waals surface area contributed by atoms with Crippen LogP contribution >= 0.6 is 8.25 Å². The van der Waals surface area contributed by atoms with Crippen LogP contribution in [0.1, 0.15) is 5.56 Å². The molecule has 1 fully saturated rings. The third kappa shape index (κ3) is 3.60. The first-order valence-corrected chi connectivity index (χ1v) is 7.02. The third-order valence-corrected chi connectivity index (χ3v) is 3.19. The molecule has 1 unspecified atom stereocenters. The Morgan fingerprint density at radius 2 is 2.15 bits per heavy atom. The minimum Gasteiger partial charge on any atom is -0.447 e. The molecule has 1 aliphatic rings. The van der Waals surface area contributed by atoms with E-state index in [1.807, 2.05) is 30.3 Å². The summed E-state index contributed by atoms with van der Waals surface area (Å²) in [6.07, 6.45) is -0.295. The Balaban J connectivity index is 2.03. The van der Waals surface area contributed by atoms with Crippen molar-refractivity contribution in [3.63, 3.8) is 0 Å². The van der Waals surface area contributed by atoms with Gasteiger partial charge in [-0.25, -0.2) is 9.69 Å². The summed E-state index contributed by atoms with van der Waals surface area (Å²) in [6.45, 7) is -0.531. The molecule has 0 spiro atoms. The first-order chi connectivity index (χ1) is 9.58. The SMILES string of the molecule is O=C(CO[P+](=O)O)N1C(=O)OC[C@H]1Cc1ccccc1. The predicted octanol–water partition coefficient (Wildman–Crippen LogP) is 1.24. The topological polar surface area (TPSA) is 93.1 Å². The van der Waals surface area contributed by atoms with E-state index in [0.717, 1.165) is 10.5 Å². The molecule has 0 bridgehead atoms. The molecule has 106 valence electrons. The number of hydrogen-bond donors (Lipinski definition) is 1. The number of nitrogens with zero attached hydrogens (tertiary/aromatic N) is 1. The highest BCUT2D eigenvalue weighted by Gasteiger charge is 2.38. The van der Waals surface area contributed by atoms with E-state index in [1.54, 1.807) is 0 Å². The Kier molecular flexibility index (Phi) is 4.79. The Bertz CT molecular complexity index is 520. The number of carbonyl (C=O) groups is 2. The minimum absolute atomic E-state index is 0.102. The van der Waals surface area contributed by atoms with Crippen LogP contribution in [-0.4, -0.2) is 41.0 Å². The van der Waals surface area contributed by atoms with Gasteiger partial charge in [0, 0.05) is 4.57 Å². The molecule has 0 aromatic heterocycles. The van der Waals surface area contributed by atoms with E-state index in [1.165, 1.54) is 0 Å². The third-order valence-electron chi connectivity index (χ3n) is 2.84. The van der Waals surface area contributed by atoms with Crippen molar-refractivity contribution in [2.24, 2.45) is 0 Å². The summed E-state index contributed by atoms with van der Waals surface area (Å²) < 4.78 is 19.6. The fourth-order valence-electron chi connectivity index (χ4n) is 1.98. The number of hydrogen-bond acceptors (Lipinski definition) is 5. The summed E-state index contributed by atoms with van der Waals surface area (Å²) in [4.78, 5) is 32.8. The molecule has 2 rings (SSSR count). The van der Waals surface area contributed by atoms with Crippen LogP contribution in [0.4, 0.5) is 4.79 Å². The predicted molar refractivity (Wildman–Crippen MR) is 67.9 cm³/mol. The van der Waals surface area contributed by atoms with Gasteiger partial charge in [-0.1, -0.05) is 30.3 Å². The van der Waals surface area contributed by atoms with Crippen LogP contribution in [0.25, 0.3) is 0 Å². The minimum atomic E-state index is -2.87. The van der Waals surface area contributed by atoms with Crippen molar-refractivity contribution in [3.8, 4) is 0 Å². The molecule has 1 aromatic carbocycles. The number of cyclic esters (lactones) is 1. The van der Waals surface area contributed by atoms with Gasteiger partial charge >= 0.3 is 14.3 Å². The molecule has 1 N–H and O–H groups in total. The lowest BCUT2D eigenvalue weighted by Gasteiger charge is -2.18. The van der Waals surface area contributed by atoms with Crippen LogP contribution in [0.2, 0.25) is 0 Å². The van der Waals surface area contributed by atoms with Gasteiger partial charge in [0.2, 0.25) is 0 Å². The first kappa shape index (κ1) is 14.6. The maximum absolute atomic E-state index is 11.8. The number of rotatable bonds is 5. The standard InChI is InChI=1S/C12H12NO6P/c14-11(8-19-20(16)17)13-10(7-18-12(13)15)6-9-4-2-1-3-5-9/h1-5,10H,6-8H2/p+1/t10-/m1/s1. The van der Waals surface area contributed by atoms with Crippen LogP contribution < -0.4 is 0 Å². The number of carbonyl (C=O) groups excluding carboxylic acids is 2. The van der Waals surface area contributed by atoms with Gasteiger partial charge in [0.15, 0.2) is 6.61 Å². The van der Waals surface area contributed by atoms with Crippen LogP contribution in [0, 0.1) is 0 Å². The highest BCUT2D eigenvalue weighted by molar-refractivity contribution is 7.32. The van der Waals surface area contributed by atoms with Crippen molar-refractivity contribution in [3.05, 3.63) is 35.9 Å². The molecule has 1 saturated heterocycles. The summed E-state index contributed by atoms with van der Waals surface area (Å²) in [5, 5.41) is 0. The molecular weight excluding hydrogens is 285 g/mol. The molecule has 1 aliphatic heterocycles. The normalized spacial score (nSPS) is 18.9. The van der Waals surface area contributed by atoms with Crippen molar-refractivity contribution >= 4 is 20.3 Å². The van der Waals surface area contributed by atoms with Gasteiger partial charge < -0.3 is 4.74 Å². The van der Waals surface area contributed by atoms with Gasteiger partial charge in [-0.05, 0) is 12.0 Å². The quantitative estimate of drug-likeness (QED) is 0.822. The second-order valence-electron chi connectivity index (χ2n) is 4.20. The lowest BCUT2D eigenvalue weighted by Crippen LogP contribution is -2.41. The molecule has 2 amide bonds. The van der Waals surface area contributed by atoms with E-state index in [-0.39, 0.29) is 6.61 Å². The molecule has 0 saturated carbocycles. The largest absolute Gasteiger partial charge is 0.695 e. The number of amides is 2. The van der Waals surface area contributed by atoms with Gasteiger partial charge in [0.05, 0.1) is 6.04 Å². The molecule has 2 atom stereocenters. The van der Waals surface area contributed by atoms with Crippen LogP contribution in [0.3, 0.4) is 0 Å². The van der Waals surface area contributed by atoms with E-state index < -0.39 is 32.9 Å². The van der Waals surface area contributed by atoms with Crippen molar-refractivity contribution in [2.45, 2.75) is 12.5 Å². The summed E-state index contributed by atoms with van der Waals surface area (Å²) in [6, 6.07) is 8.92. The Labute approximate surface area is 116 Å². The van der Waals surface area contributed by atoms with Gasteiger partial charge in [-0.15, -0.1) is 9.42 Å². The average molecular weight is 298 g/mol. The van der Waals surface area contributed by atoms with E-state index in [0.29, 0.717) is 6.42 Å². The zero-order valence-corrected chi connectivity index (χ0v) is 11.4. The maximum Gasteiger partial charge on any atom is 0.695 e. The zero-order valence-electron chi connectivity index (χ0n) is 10.5. The molecule has 8 heteroatoms. The molecule has 0 aliphatic carbocycles. The molecule has 1 aromatic rings. The molecule has 1 heterocycles. The summed E-state index contributed by atoms with van der Waals surface area (Å²) in [5.74, 6) is -0.689. The van der Waals surface area contributed by atoms with Gasteiger partial charge in [-0.3, -0.25) is 4.79 Å². The lowest BCUT2D eigenvalue weighted by molar-refractivity contribution is -0.131. The highest BCUT2D eigenvalue weighted by atomic mass is 31.1. The fourth-order valence-corrected chi connectivity index (χ4v) is 2.20. The van der Waals surface area contributed by atoms with Gasteiger partial charge in [0.25, 0.3) is 5.91 Å². The van der Waals surface area contributed by atoms with Crippen molar-refractivity contribution in [2.75, 3.05) is 13.2 Å².